The van der Waals surface area contributed by atoms with Crippen molar-refractivity contribution >= 4 is 34.9 Å². The lowest BCUT2D eigenvalue weighted by Crippen LogP contribution is -2.17. The van der Waals surface area contributed by atoms with E-state index >= 15 is 0 Å². The molecule has 0 fully saturated rings. The highest BCUT2D eigenvalue weighted by Gasteiger charge is 2.11. The first-order valence-electron chi connectivity index (χ1n) is 4.44. The van der Waals surface area contributed by atoms with E-state index in [9.17, 15) is 9.59 Å². The molecule has 1 amide bonds. The van der Waals surface area contributed by atoms with Gasteiger partial charge in [-0.2, -0.15) is 0 Å². The number of amides is 1. The van der Waals surface area contributed by atoms with Crippen LogP contribution in [0.4, 0.5) is 11.4 Å². The Kier molecular flexibility index (Phi) is 4.13. The highest BCUT2D eigenvalue weighted by Crippen LogP contribution is 2.22. The van der Waals surface area contributed by atoms with Crippen LogP contribution in [0.25, 0.3) is 0 Å². The van der Waals surface area contributed by atoms with Crippen LogP contribution in [0, 0.1) is 0 Å². The number of carbonyl (C=O) groups excluding carboxylic acids is 2. The van der Waals surface area contributed by atoms with E-state index in [4.69, 9.17) is 17.3 Å². The third kappa shape index (κ3) is 3.43. The van der Waals surface area contributed by atoms with E-state index in [2.05, 4.69) is 10.1 Å². The molecule has 3 N–H and O–H groups in total. The van der Waals surface area contributed by atoms with Crippen LogP contribution in [-0.2, 0) is 14.3 Å². The Hall–Kier alpha value is -1.75. The number of hydrogen-bond acceptors (Lipinski definition) is 4. The van der Waals surface area contributed by atoms with E-state index < -0.39 is 11.9 Å². The van der Waals surface area contributed by atoms with Gasteiger partial charge in [0.15, 0.2) is 0 Å². The maximum atomic E-state index is 11.3. The molecule has 1 aromatic carbocycles. The molecule has 0 atom stereocenters. The van der Waals surface area contributed by atoms with Crippen LogP contribution in [0.5, 0.6) is 0 Å². The van der Waals surface area contributed by atoms with Gasteiger partial charge in [0.05, 0.1) is 18.5 Å². The summed E-state index contributed by atoms with van der Waals surface area (Å²) in [6.07, 6.45) is -0.359. The third-order valence-corrected chi connectivity index (χ3v) is 2.06. The quantitative estimate of drug-likeness (QED) is 0.477. The summed E-state index contributed by atoms with van der Waals surface area (Å²) >= 11 is 5.73. The number of anilines is 2. The molecule has 0 unspecified atom stereocenters. The summed E-state index contributed by atoms with van der Waals surface area (Å²) in [6, 6.07) is 4.68. The van der Waals surface area contributed by atoms with Gasteiger partial charge in [0.2, 0.25) is 5.91 Å². The molecule has 0 aliphatic rings. The lowest BCUT2D eigenvalue weighted by atomic mass is 10.2. The minimum Gasteiger partial charge on any atom is -0.469 e. The first kappa shape index (κ1) is 12.3. The fourth-order valence-corrected chi connectivity index (χ4v) is 1.21. The Morgan fingerprint density at radius 1 is 1.50 bits per heavy atom. The average Bonchev–Trinajstić information content (AvgIpc) is 2.23. The number of halogens is 1. The molecule has 0 radical (unpaired) electrons. The molecule has 0 heterocycles. The monoisotopic (exact) mass is 242 g/mol. The van der Waals surface area contributed by atoms with Crippen molar-refractivity contribution in [3.8, 4) is 0 Å². The zero-order valence-corrected chi connectivity index (χ0v) is 9.38. The molecule has 1 rings (SSSR count). The normalized spacial score (nSPS) is 9.62. The van der Waals surface area contributed by atoms with Crippen LogP contribution in [-0.4, -0.2) is 19.0 Å². The van der Waals surface area contributed by atoms with Crippen molar-refractivity contribution in [2.45, 2.75) is 6.42 Å². The summed E-state index contributed by atoms with van der Waals surface area (Å²) in [5, 5.41) is 2.91. The predicted octanol–water partition coefficient (Wildman–Crippen LogP) is 1.42. The summed E-state index contributed by atoms with van der Waals surface area (Å²) in [6.45, 7) is 0. The van der Waals surface area contributed by atoms with Gasteiger partial charge in [-0.15, -0.1) is 0 Å². The van der Waals surface area contributed by atoms with Crippen molar-refractivity contribution in [3.05, 3.63) is 23.2 Å². The van der Waals surface area contributed by atoms with E-state index in [1.54, 1.807) is 12.1 Å². The lowest BCUT2D eigenvalue weighted by Gasteiger charge is -2.07. The van der Waals surface area contributed by atoms with Gasteiger partial charge in [-0.05, 0) is 18.2 Å². The molecule has 16 heavy (non-hydrogen) atoms. The van der Waals surface area contributed by atoms with Gasteiger partial charge in [-0.3, -0.25) is 9.59 Å². The summed E-state index contributed by atoms with van der Waals surface area (Å²) in [5.74, 6) is -1.11. The number of nitrogen functional groups attached to an aromatic ring is 1. The van der Waals surface area contributed by atoms with Crippen molar-refractivity contribution in [3.63, 3.8) is 0 Å². The molecule has 0 aliphatic heterocycles. The Labute approximate surface area is 97.5 Å². The van der Waals surface area contributed by atoms with Crippen molar-refractivity contribution in [1.29, 1.82) is 0 Å². The summed E-state index contributed by atoms with van der Waals surface area (Å²) < 4.78 is 4.36. The third-order valence-electron chi connectivity index (χ3n) is 1.82. The molecular formula is C10H11ClN2O3. The van der Waals surface area contributed by atoms with Gasteiger partial charge in [-0.25, -0.2) is 0 Å². The van der Waals surface area contributed by atoms with E-state index in [1.165, 1.54) is 13.2 Å². The molecule has 0 aromatic heterocycles. The van der Waals surface area contributed by atoms with Crippen LogP contribution in [0.2, 0.25) is 5.02 Å². The molecule has 6 heteroatoms. The molecule has 0 aliphatic carbocycles. The second kappa shape index (κ2) is 5.37. The minimum atomic E-state index is -0.613. The van der Waals surface area contributed by atoms with Gasteiger partial charge in [0, 0.05) is 5.02 Å². The predicted molar refractivity (Wildman–Crippen MR) is 61.1 cm³/mol. The number of esters is 1. The number of rotatable bonds is 3. The summed E-state index contributed by atoms with van der Waals surface area (Å²) in [4.78, 5) is 22.2. The highest BCUT2D eigenvalue weighted by atomic mass is 35.5. The SMILES string of the molecule is COC(=O)CC(=O)Nc1cc(Cl)ccc1N. The Bertz CT molecular complexity index is 421. The summed E-state index contributed by atoms with van der Waals surface area (Å²) in [5.41, 5.74) is 6.37. The van der Waals surface area contributed by atoms with Crippen molar-refractivity contribution in [1.82, 2.24) is 0 Å². The van der Waals surface area contributed by atoms with E-state index in [0.717, 1.165) is 0 Å². The molecular weight excluding hydrogens is 232 g/mol. The van der Waals surface area contributed by atoms with Gasteiger partial charge in [0.1, 0.15) is 6.42 Å². The smallest absolute Gasteiger partial charge is 0.315 e. The zero-order valence-electron chi connectivity index (χ0n) is 8.62. The van der Waals surface area contributed by atoms with Gasteiger partial charge in [-0.1, -0.05) is 11.6 Å². The van der Waals surface area contributed by atoms with Crippen LogP contribution in [0.3, 0.4) is 0 Å². The number of hydrogen-bond donors (Lipinski definition) is 2. The maximum absolute atomic E-state index is 11.3. The number of carbonyl (C=O) groups is 2. The summed E-state index contributed by atoms with van der Waals surface area (Å²) in [7, 11) is 1.21. The zero-order chi connectivity index (χ0) is 12.1. The number of ether oxygens (including phenoxy) is 1. The first-order chi connectivity index (χ1) is 7.52. The first-order valence-corrected chi connectivity index (χ1v) is 4.82. The number of nitrogens with one attached hydrogen (secondary N) is 1. The fourth-order valence-electron chi connectivity index (χ4n) is 1.03. The molecule has 0 spiro atoms. The fraction of sp³-hybridized carbons (Fsp3) is 0.200. The Morgan fingerprint density at radius 3 is 2.81 bits per heavy atom. The largest absolute Gasteiger partial charge is 0.469 e. The van der Waals surface area contributed by atoms with Crippen molar-refractivity contribution in [2.75, 3.05) is 18.2 Å². The highest BCUT2D eigenvalue weighted by molar-refractivity contribution is 6.31. The van der Waals surface area contributed by atoms with E-state index in [0.29, 0.717) is 16.4 Å². The number of benzene rings is 1. The van der Waals surface area contributed by atoms with Crippen molar-refractivity contribution < 1.29 is 14.3 Å². The van der Waals surface area contributed by atoms with Crippen molar-refractivity contribution in [2.24, 2.45) is 0 Å². The molecule has 1 aromatic rings. The standard InChI is InChI=1S/C10H11ClN2O3/c1-16-10(15)5-9(14)13-8-4-6(11)2-3-7(8)12/h2-4H,5,12H2,1H3,(H,13,14). The molecule has 0 saturated carbocycles. The maximum Gasteiger partial charge on any atom is 0.315 e. The topological polar surface area (TPSA) is 81.4 Å². The van der Waals surface area contributed by atoms with Gasteiger partial charge >= 0.3 is 5.97 Å². The van der Waals surface area contributed by atoms with Gasteiger partial charge < -0.3 is 15.8 Å². The molecule has 86 valence electrons. The second-order valence-corrected chi connectivity index (χ2v) is 3.47. The Balaban J connectivity index is 2.69. The molecule has 5 nitrogen and oxygen atoms in total. The molecule has 0 bridgehead atoms. The number of nitrogens with two attached hydrogens (primary N) is 1. The Morgan fingerprint density at radius 2 is 2.19 bits per heavy atom. The lowest BCUT2D eigenvalue weighted by molar-refractivity contribution is -0.142. The number of methoxy groups -OCH3 is 1. The van der Waals surface area contributed by atoms with Crippen LogP contribution >= 0.6 is 11.6 Å². The average molecular weight is 243 g/mol. The van der Waals surface area contributed by atoms with Crippen LogP contribution < -0.4 is 11.1 Å². The molecule has 0 saturated heterocycles. The van der Waals surface area contributed by atoms with Crippen LogP contribution in [0.1, 0.15) is 6.42 Å². The second-order valence-electron chi connectivity index (χ2n) is 3.03. The minimum absolute atomic E-state index is 0.359. The van der Waals surface area contributed by atoms with E-state index in [1.807, 2.05) is 0 Å². The van der Waals surface area contributed by atoms with Crippen LogP contribution in [0.15, 0.2) is 18.2 Å². The van der Waals surface area contributed by atoms with E-state index in [-0.39, 0.29) is 6.42 Å². The van der Waals surface area contributed by atoms with Gasteiger partial charge in [0.25, 0.3) is 0 Å².